The summed E-state index contributed by atoms with van der Waals surface area (Å²) in [6.45, 7) is 3.68. The number of nitrogens with one attached hydrogen (secondary N) is 2. The van der Waals surface area contributed by atoms with Crippen LogP contribution in [-0.2, 0) is 13.0 Å². The smallest absolute Gasteiger partial charge is 0.322 e. The third-order valence-electron chi connectivity index (χ3n) is 6.10. The second-order valence-corrected chi connectivity index (χ2v) is 8.43. The van der Waals surface area contributed by atoms with Crippen molar-refractivity contribution in [1.82, 2.24) is 9.88 Å². The number of amides is 2. The summed E-state index contributed by atoms with van der Waals surface area (Å²) < 4.78 is 0. The predicted octanol–water partition coefficient (Wildman–Crippen LogP) is 5.40. The van der Waals surface area contributed by atoms with E-state index in [2.05, 4.69) is 33.4 Å². The molecule has 1 fully saturated rings. The van der Waals surface area contributed by atoms with Crippen LogP contribution < -0.4 is 10.2 Å². The molecule has 29 heavy (non-hydrogen) atoms. The third-order valence-corrected chi connectivity index (χ3v) is 6.33. The molecule has 6 heteroatoms. The topological polar surface area (TPSA) is 51.4 Å². The number of piperidine rings is 1. The van der Waals surface area contributed by atoms with Gasteiger partial charge in [-0.05, 0) is 67.1 Å². The van der Waals surface area contributed by atoms with Gasteiger partial charge in [0.25, 0.3) is 0 Å². The van der Waals surface area contributed by atoms with Gasteiger partial charge in [-0.15, -0.1) is 0 Å². The van der Waals surface area contributed by atoms with Crippen LogP contribution in [0.25, 0.3) is 10.9 Å². The number of halogens is 1. The first kappa shape index (κ1) is 18.4. The fraction of sp³-hybridized carbons (Fsp3) is 0.348. The van der Waals surface area contributed by atoms with Gasteiger partial charge in [0, 0.05) is 54.0 Å². The highest BCUT2D eigenvalue weighted by Crippen LogP contribution is 2.29. The van der Waals surface area contributed by atoms with Gasteiger partial charge >= 0.3 is 6.03 Å². The second kappa shape index (κ2) is 7.64. The molecule has 0 spiro atoms. The van der Waals surface area contributed by atoms with Gasteiger partial charge in [-0.1, -0.05) is 17.7 Å². The first-order valence-electron chi connectivity index (χ1n) is 10.4. The van der Waals surface area contributed by atoms with Gasteiger partial charge in [-0.2, -0.15) is 0 Å². The lowest BCUT2D eigenvalue weighted by Gasteiger charge is -2.32. The molecule has 1 aromatic heterocycles. The van der Waals surface area contributed by atoms with Gasteiger partial charge < -0.3 is 20.1 Å². The van der Waals surface area contributed by atoms with Crippen molar-refractivity contribution in [3.8, 4) is 0 Å². The molecule has 2 aliphatic rings. The van der Waals surface area contributed by atoms with Gasteiger partial charge in [-0.25, -0.2) is 4.79 Å². The summed E-state index contributed by atoms with van der Waals surface area (Å²) in [6, 6.07) is 12.3. The van der Waals surface area contributed by atoms with E-state index in [1.165, 1.54) is 36.1 Å². The van der Waals surface area contributed by atoms with Crippen LogP contribution in [0.1, 0.15) is 30.4 Å². The van der Waals surface area contributed by atoms with Crippen LogP contribution in [0.15, 0.2) is 42.6 Å². The fourth-order valence-corrected chi connectivity index (χ4v) is 4.62. The van der Waals surface area contributed by atoms with Crippen LogP contribution in [0.2, 0.25) is 5.02 Å². The minimum absolute atomic E-state index is 0.0726. The minimum atomic E-state index is -0.0726. The average Bonchev–Trinajstić information content (AvgIpc) is 3.15. The van der Waals surface area contributed by atoms with E-state index in [0.29, 0.717) is 11.6 Å². The Balaban J connectivity index is 1.30. The van der Waals surface area contributed by atoms with Crippen molar-refractivity contribution in [3.63, 3.8) is 0 Å². The maximum Gasteiger partial charge on any atom is 0.322 e. The molecule has 0 bridgehead atoms. The highest BCUT2D eigenvalue weighted by atomic mass is 35.5. The molecule has 3 heterocycles. The Morgan fingerprint density at radius 3 is 2.72 bits per heavy atom. The molecule has 0 radical (unpaired) electrons. The van der Waals surface area contributed by atoms with Crippen molar-refractivity contribution >= 4 is 39.9 Å². The Labute approximate surface area is 175 Å². The van der Waals surface area contributed by atoms with Crippen molar-refractivity contribution in [1.29, 1.82) is 0 Å². The monoisotopic (exact) mass is 408 g/mol. The first-order chi connectivity index (χ1) is 14.2. The molecule has 5 nitrogen and oxygen atoms in total. The Morgan fingerprint density at radius 2 is 1.86 bits per heavy atom. The molecule has 2 amide bonds. The van der Waals surface area contributed by atoms with Gasteiger partial charge in [0.1, 0.15) is 0 Å². The number of fused-ring (bicyclic) bond motifs is 2. The molecule has 0 aliphatic carbocycles. The maximum absolute atomic E-state index is 12.9. The van der Waals surface area contributed by atoms with E-state index in [1.807, 2.05) is 29.3 Å². The average molecular weight is 409 g/mol. The van der Waals surface area contributed by atoms with Gasteiger partial charge in [-0.3, -0.25) is 0 Å². The summed E-state index contributed by atoms with van der Waals surface area (Å²) in [4.78, 5) is 20.4. The molecule has 2 aromatic carbocycles. The molecule has 0 unspecified atom stereocenters. The number of aromatic amines is 1. The molecule has 5 rings (SSSR count). The number of nitrogens with zero attached hydrogens (tertiary/aromatic N) is 2. The van der Waals surface area contributed by atoms with Gasteiger partial charge in [0.2, 0.25) is 0 Å². The largest absolute Gasteiger partial charge is 0.372 e. The number of carbonyl (C=O) groups excluding carboxylic acids is 1. The van der Waals surface area contributed by atoms with Crippen LogP contribution in [0.5, 0.6) is 0 Å². The minimum Gasteiger partial charge on any atom is -0.372 e. The van der Waals surface area contributed by atoms with Crippen LogP contribution in [0.4, 0.5) is 16.2 Å². The number of benzene rings is 2. The number of rotatable bonds is 2. The Hall–Kier alpha value is -2.66. The molecule has 3 aromatic rings. The number of H-pyrrole nitrogens is 1. The summed E-state index contributed by atoms with van der Waals surface area (Å²) in [5.74, 6) is 0. The maximum atomic E-state index is 12.9. The third kappa shape index (κ3) is 3.67. The highest BCUT2D eigenvalue weighted by Gasteiger charge is 2.22. The number of urea groups is 1. The van der Waals surface area contributed by atoms with Crippen molar-refractivity contribution in [2.45, 2.75) is 32.2 Å². The fourth-order valence-electron chi connectivity index (χ4n) is 4.45. The lowest BCUT2D eigenvalue weighted by Crippen LogP contribution is -2.39. The highest BCUT2D eigenvalue weighted by molar-refractivity contribution is 6.31. The van der Waals surface area contributed by atoms with Crippen LogP contribution in [0.3, 0.4) is 0 Å². The summed E-state index contributed by atoms with van der Waals surface area (Å²) >= 11 is 6.12. The van der Waals surface area contributed by atoms with E-state index < -0.39 is 0 Å². The van der Waals surface area contributed by atoms with Crippen molar-refractivity contribution < 1.29 is 4.79 Å². The zero-order valence-corrected chi connectivity index (χ0v) is 17.1. The van der Waals surface area contributed by atoms with Crippen molar-refractivity contribution in [2.24, 2.45) is 0 Å². The molecular weight excluding hydrogens is 384 g/mol. The predicted molar refractivity (Wildman–Crippen MR) is 119 cm³/mol. The normalized spacial score (nSPS) is 16.7. The van der Waals surface area contributed by atoms with Gasteiger partial charge in [0.05, 0.1) is 5.69 Å². The Kier molecular flexibility index (Phi) is 4.84. The molecule has 0 saturated carbocycles. The number of carbonyl (C=O) groups is 1. The van der Waals surface area contributed by atoms with E-state index in [0.717, 1.165) is 42.6 Å². The van der Waals surface area contributed by atoms with Crippen LogP contribution >= 0.6 is 11.6 Å². The van der Waals surface area contributed by atoms with Gasteiger partial charge in [0.15, 0.2) is 0 Å². The Morgan fingerprint density at radius 1 is 1.00 bits per heavy atom. The van der Waals surface area contributed by atoms with E-state index in [9.17, 15) is 4.79 Å². The SMILES string of the molecule is O=C(Nc1c[nH]c2ccc(Cl)cc12)N1CCc2cc(N3CCCCC3)ccc2C1. The zero-order chi connectivity index (χ0) is 19.8. The quantitative estimate of drug-likeness (QED) is 0.596. The number of aromatic nitrogens is 1. The molecule has 2 N–H and O–H groups in total. The Bertz CT molecular complexity index is 1050. The number of hydrogen-bond acceptors (Lipinski definition) is 2. The van der Waals surface area contributed by atoms with Crippen LogP contribution in [0, 0.1) is 0 Å². The number of hydrogen-bond donors (Lipinski definition) is 2. The zero-order valence-electron chi connectivity index (χ0n) is 16.4. The summed E-state index contributed by atoms with van der Waals surface area (Å²) in [6.07, 6.45) is 6.62. The van der Waals surface area contributed by atoms with E-state index >= 15 is 0 Å². The van der Waals surface area contributed by atoms with Crippen molar-refractivity contribution in [2.75, 3.05) is 29.9 Å². The van der Waals surface area contributed by atoms with E-state index in [4.69, 9.17) is 11.6 Å². The standard InChI is InChI=1S/C23H25ClN4O/c24-18-5-7-21-20(13-18)22(14-25-21)26-23(29)28-11-8-16-12-19(6-4-17(16)15-28)27-9-2-1-3-10-27/h4-7,12-14,25H,1-3,8-11,15H2,(H,26,29). The summed E-state index contributed by atoms with van der Waals surface area (Å²) in [5, 5.41) is 4.63. The second-order valence-electron chi connectivity index (χ2n) is 7.99. The lowest BCUT2D eigenvalue weighted by atomic mass is 9.98. The molecule has 0 atom stereocenters. The molecule has 2 aliphatic heterocycles. The molecule has 1 saturated heterocycles. The van der Waals surface area contributed by atoms with Crippen LogP contribution in [-0.4, -0.2) is 35.5 Å². The molecular formula is C23H25ClN4O. The van der Waals surface area contributed by atoms with E-state index in [-0.39, 0.29) is 6.03 Å². The summed E-state index contributed by atoms with van der Waals surface area (Å²) in [7, 11) is 0. The van der Waals surface area contributed by atoms with Crippen molar-refractivity contribution in [3.05, 3.63) is 58.7 Å². The summed E-state index contributed by atoms with van der Waals surface area (Å²) in [5.41, 5.74) is 5.67. The number of anilines is 2. The first-order valence-corrected chi connectivity index (χ1v) is 10.7. The van der Waals surface area contributed by atoms with E-state index in [1.54, 1.807) is 0 Å². The molecule has 150 valence electrons. The lowest BCUT2D eigenvalue weighted by molar-refractivity contribution is 0.206.